The van der Waals surface area contributed by atoms with Crippen LogP contribution in [-0.4, -0.2) is 24.5 Å². The Morgan fingerprint density at radius 2 is 1.81 bits per heavy atom. The molecule has 0 atom stereocenters. The third-order valence-electron chi connectivity index (χ3n) is 3.76. The number of nitrogens with zero attached hydrogens (tertiary/aromatic N) is 2. The number of nitrogens with one attached hydrogen (secondary N) is 1. The molecule has 0 saturated heterocycles. The summed E-state index contributed by atoms with van der Waals surface area (Å²) in [6.07, 6.45) is 0.106. The Bertz CT molecular complexity index is 838. The van der Waals surface area contributed by atoms with Crippen molar-refractivity contribution in [2.45, 2.75) is 33.3 Å². The van der Waals surface area contributed by atoms with Gasteiger partial charge in [0, 0.05) is 25.6 Å². The van der Waals surface area contributed by atoms with Crippen LogP contribution in [0.4, 0.5) is 11.4 Å². The third-order valence-corrected chi connectivity index (χ3v) is 3.76. The van der Waals surface area contributed by atoms with E-state index >= 15 is 0 Å². The quantitative estimate of drug-likeness (QED) is 0.810. The molecule has 27 heavy (non-hydrogen) atoms. The van der Waals surface area contributed by atoms with Crippen molar-refractivity contribution in [2.75, 3.05) is 16.8 Å². The van der Waals surface area contributed by atoms with Gasteiger partial charge in [0.05, 0.1) is 23.4 Å². The van der Waals surface area contributed by atoms with Crippen molar-refractivity contribution in [3.63, 3.8) is 0 Å². The Labute approximate surface area is 159 Å². The molecule has 0 bridgehead atoms. The maximum atomic E-state index is 12.2. The van der Waals surface area contributed by atoms with Gasteiger partial charge >= 0.3 is 0 Å². The van der Waals surface area contributed by atoms with Gasteiger partial charge in [-0.2, -0.15) is 5.26 Å². The molecule has 2 amide bonds. The molecule has 0 aliphatic carbocycles. The minimum Gasteiger partial charge on any atom is -0.489 e. The SMILES string of the molecule is CC(=O)N(CCC(=O)Nc1ccc(C#N)cc1)c1ccccc1OC(C)C. The Kier molecular flexibility index (Phi) is 6.95. The molecule has 2 aromatic carbocycles. The number of amides is 2. The molecule has 6 nitrogen and oxygen atoms in total. The second-order valence-electron chi connectivity index (χ2n) is 6.29. The van der Waals surface area contributed by atoms with E-state index in [4.69, 9.17) is 10.00 Å². The molecule has 2 aromatic rings. The van der Waals surface area contributed by atoms with Crippen molar-refractivity contribution in [2.24, 2.45) is 0 Å². The first kappa shape index (κ1) is 20.0. The van der Waals surface area contributed by atoms with Crippen molar-refractivity contribution in [3.05, 3.63) is 54.1 Å². The summed E-state index contributed by atoms with van der Waals surface area (Å²) in [5.74, 6) is 0.226. The molecule has 0 aliphatic rings. The van der Waals surface area contributed by atoms with Gasteiger partial charge in [0.2, 0.25) is 11.8 Å². The number of anilines is 2. The van der Waals surface area contributed by atoms with Gasteiger partial charge in [-0.3, -0.25) is 9.59 Å². The number of carbonyl (C=O) groups is 2. The van der Waals surface area contributed by atoms with Crippen LogP contribution in [0.5, 0.6) is 5.75 Å². The molecule has 0 saturated carbocycles. The molecule has 1 N–H and O–H groups in total. The summed E-state index contributed by atoms with van der Waals surface area (Å²) in [5, 5.41) is 11.6. The van der Waals surface area contributed by atoms with Gasteiger partial charge in [0.25, 0.3) is 0 Å². The molecule has 0 fully saturated rings. The Morgan fingerprint density at radius 1 is 1.15 bits per heavy atom. The summed E-state index contributed by atoms with van der Waals surface area (Å²) in [4.78, 5) is 25.9. The van der Waals surface area contributed by atoms with Gasteiger partial charge in [-0.1, -0.05) is 12.1 Å². The second-order valence-corrected chi connectivity index (χ2v) is 6.29. The maximum absolute atomic E-state index is 12.2. The lowest BCUT2D eigenvalue weighted by atomic mass is 10.2. The highest BCUT2D eigenvalue weighted by Crippen LogP contribution is 2.29. The Balaban J connectivity index is 2.05. The van der Waals surface area contributed by atoms with E-state index in [9.17, 15) is 9.59 Å². The predicted molar refractivity (Wildman–Crippen MR) is 105 cm³/mol. The maximum Gasteiger partial charge on any atom is 0.226 e. The number of rotatable bonds is 7. The summed E-state index contributed by atoms with van der Waals surface area (Å²) in [5.41, 5.74) is 1.78. The van der Waals surface area contributed by atoms with Gasteiger partial charge < -0.3 is 15.0 Å². The lowest BCUT2D eigenvalue weighted by Gasteiger charge is -2.24. The van der Waals surface area contributed by atoms with Crippen molar-refractivity contribution in [1.29, 1.82) is 5.26 Å². The normalized spacial score (nSPS) is 10.2. The van der Waals surface area contributed by atoms with Crippen LogP contribution in [0, 0.1) is 11.3 Å². The van der Waals surface area contributed by atoms with Crippen LogP contribution in [0.2, 0.25) is 0 Å². The van der Waals surface area contributed by atoms with E-state index in [1.54, 1.807) is 30.3 Å². The van der Waals surface area contributed by atoms with Crippen molar-refractivity contribution >= 4 is 23.2 Å². The van der Waals surface area contributed by atoms with Gasteiger partial charge in [-0.15, -0.1) is 0 Å². The minimum atomic E-state index is -0.215. The van der Waals surface area contributed by atoms with Crippen molar-refractivity contribution in [1.82, 2.24) is 0 Å². The molecular formula is C21H23N3O3. The van der Waals surface area contributed by atoms with E-state index < -0.39 is 0 Å². The smallest absolute Gasteiger partial charge is 0.226 e. The molecule has 2 rings (SSSR count). The van der Waals surface area contributed by atoms with Crippen LogP contribution >= 0.6 is 0 Å². The van der Waals surface area contributed by atoms with Crippen LogP contribution in [0.3, 0.4) is 0 Å². The number of benzene rings is 2. The number of ether oxygens (including phenoxy) is 1. The number of hydrogen-bond acceptors (Lipinski definition) is 4. The van der Waals surface area contributed by atoms with Crippen LogP contribution < -0.4 is 15.0 Å². The summed E-state index contributed by atoms with van der Waals surface area (Å²) >= 11 is 0. The van der Waals surface area contributed by atoms with E-state index in [1.165, 1.54) is 11.8 Å². The van der Waals surface area contributed by atoms with Gasteiger partial charge in [0.1, 0.15) is 5.75 Å². The zero-order valence-corrected chi connectivity index (χ0v) is 15.7. The molecule has 6 heteroatoms. The van der Waals surface area contributed by atoms with E-state index in [2.05, 4.69) is 5.32 Å². The topological polar surface area (TPSA) is 82.4 Å². The molecule has 0 spiro atoms. The number of nitriles is 1. The van der Waals surface area contributed by atoms with E-state index in [0.29, 0.717) is 22.7 Å². The van der Waals surface area contributed by atoms with Crippen molar-refractivity contribution in [3.8, 4) is 11.8 Å². The van der Waals surface area contributed by atoms with Crippen LogP contribution in [0.15, 0.2) is 48.5 Å². The zero-order valence-electron chi connectivity index (χ0n) is 15.7. The van der Waals surface area contributed by atoms with Gasteiger partial charge in [-0.05, 0) is 50.2 Å². The van der Waals surface area contributed by atoms with E-state index in [1.807, 2.05) is 38.1 Å². The van der Waals surface area contributed by atoms with Crippen LogP contribution in [0.25, 0.3) is 0 Å². The molecule has 0 heterocycles. The van der Waals surface area contributed by atoms with E-state index in [-0.39, 0.29) is 30.9 Å². The molecule has 140 valence electrons. The predicted octanol–water partition coefficient (Wildman–Crippen LogP) is 3.73. The first-order valence-corrected chi connectivity index (χ1v) is 8.74. The van der Waals surface area contributed by atoms with E-state index in [0.717, 1.165) is 0 Å². The molecule has 0 radical (unpaired) electrons. The fourth-order valence-corrected chi connectivity index (χ4v) is 2.55. The van der Waals surface area contributed by atoms with Gasteiger partial charge in [-0.25, -0.2) is 0 Å². The number of hydrogen-bond donors (Lipinski definition) is 1. The molecular weight excluding hydrogens is 342 g/mol. The first-order chi connectivity index (χ1) is 12.9. The molecule has 0 unspecified atom stereocenters. The summed E-state index contributed by atoms with van der Waals surface area (Å²) in [7, 11) is 0. The standard InChI is InChI=1S/C21H23N3O3/c1-15(2)27-20-7-5-4-6-19(20)24(16(3)25)13-12-21(26)23-18-10-8-17(14-22)9-11-18/h4-11,15H,12-13H2,1-3H3,(H,23,26). The highest BCUT2D eigenvalue weighted by molar-refractivity contribution is 5.95. The Morgan fingerprint density at radius 3 is 2.41 bits per heavy atom. The largest absolute Gasteiger partial charge is 0.489 e. The number of para-hydroxylation sites is 2. The summed E-state index contributed by atoms with van der Waals surface area (Å²) in [6.45, 7) is 5.53. The van der Waals surface area contributed by atoms with Crippen molar-refractivity contribution < 1.29 is 14.3 Å². The first-order valence-electron chi connectivity index (χ1n) is 8.74. The fraction of sp³-hybridized carbons (Fsp3) is 0.286. The Hall–Kier alpha value is -3.33. The second kappa shape index (κ2) is 9.39. The monoisotopic (exact) mass is 365 g/mol. The average molecular weight is 365 g/mol. The minimum absolute atomic E-state index is 0.0281. The zero-order chi connectivity index (χ0) is 19.8. The fourth-order valence-electron chi connectivity index (χ4n) is 2.55. The highest BCUT2D eigenvalue weighted by Gasteiger charge is 2.18. The summed E-state index contributed by atoms with van der Waals surface area (Å²) < 4.78 is 5.78. The average Bonchev–Trinajstić information content (AvgIpc) is 2.63. The number of carbonyl (C=O) groups excluding carboxylic acids is 2. The summed E-state index contributed by atoms with van der Waals surface area (Å²) in [6, 6.07) is 15.9. The third kappa shape index (κ3) is 5.86. The van der Waals surface area contributed by atoms with Crippen LogP contribution in [0.1, 0.15) is 32.8 Å². The molecule has 0 aromatic heterocycles. The molecule has 0 aliphatic heterocycles. The lowest BCUT2D eigenvalue weighted by Crippen LogP contribution is -2.32. The van der Waals surface area contributed by atoms with Crippen LogP contribution in [-0.2, 0) is 9.59 Å². The van der Waals surface area contributed by atoms with Gasteiger partial charge in [0.15, 0.2) is 0 Å². The lowest BCUT2D eigenvalue weighted by molar-refractivity contribution is -0.117. The highest BCUT2D eigenvalue weighted by atomic mass is 16.5.